The van der Waals surface area contributed by atoms with Crippen molar-refractivity contribution in [2.24, 2.45) is 0 Å². The molecular formula is C14H15F2NO. The minimum absolute atomic E-state index is 0.338. The number of furan rings is 1. The van der Waals surface area contributed by atoms with Gasteiger partial charge in [0.2, 0.25) is 0 Å². The molecule has 2 rings (SSSR count). The van der Waals surface area contributed by atoms with Gasteiger partial charge in [0.1, 0.15) is 17.4 Å². The second-order valence-corrected chi connectivity index (χ2v) is 4.16. The Balaban J connectivity index is 2.44. The van der Waals surface area contributed by atoms with E-state index < -0.39 is 11.6 Å². The van der Waals surface area contributed by atoms with Gasteiger partial charge in [-0.25, -0.2) is 8.78 Å². The van der Waals surface area contributed by atoms with Crippen LogP contribution in [0.25, 0.3) is 0 Å². The second kappa shape index (κ2) is 5.31. The third kappa shape index (κ3) is 2.59. The van der Waals surface area contributed by atoms with Crippen LogP contribution in [0.2, 0.25) is 0 Å². The molecule has 0 aliphatic carbocycles. The van der Waals surface area contributed by atoms with E-state index in [-0.39, 0.29) is 6.04 Å². The van der Waals surface area contributed by atoms with Crippen molar-refractivity contribution in [2.45, 2.75) is 19.9 Å². The smallest absolute Gasteiger partial charge is 0.128 e. The highest BCUT2D eigenvalue weighted by molar-refractivity contribution is 5.31. The molecule has 0 saturated heterocycles. The van der Waals surface area contributed by atoms with Crippen LogP contribution in [0.15, 0.2) is 34.9 Å². The van der Waals surface area contributed by atoms with Gasteiger partial charge >= 0.3 is 0 Å². The van der Waals surface area contributed by atoms with Crippen LogP contribution in [0.1, 0.15) is 29.9 Å². The van der Waals surface area contributed by atoms with E-state index in [4.69, 9.17) is 4.42 Å². The Labute approximate surface area is 105 Å². The van der Waals surface area contributed by atoms with E-state index in [0.717, 1.165) is 11.6 Å². The second-order valence-electron chi connectivity index (χ2n) is 4.16. The predicted molar refractivity (Wildman–Crippen MR) is 65.3 cm³/mol. The van der Waals surface area contributed by atoms with Gasteiger partial charge in [0, 0.05) is 6.07 Å². The van der Waals surface area contributed by atoms with Crippen molar-refractivity contribution in [3.8, 4) is 0 Å². The third-order valence-corrected chi connectivity index (χ3v) is 2.79. The fraction of sp³-hybridized carbons (Fsp3) is 0.286. The monoisotopic (exact) mass is 251 g/mol. The van der Waals surface area contributed by atoms with Gasteiger partial charge in [0.25, 0.3) is 0 Å². The number of nitrogens with one attached hydrogen (secondary N) is 1. The molecular weight excluding hydrogens is 236 g/mol. The maximum absolute atomic E-state index is 13.3. The summed E-state index contributed by atoms with van der Waals surface area (Å²) in [5.41, 5.74) is 1.47. The van der Waals surface area contributed by atoms with Crippen LogP contribution in [0, 0.1) is 18.6 Å². The van der Waals surface area contributed by atoms with Crippen molar-refractivity contribution in [1.82, 2.24) is 5.32 Å². The van der Waals surface area contributed by atoms with Crippen molar-refractivity contribution in [3.05, 3.63) is 59.1 Å². The molecule has 1 N–H and O–H groups in total. The molecule has 1 unspecified atom stereocenters. The quantitative estimate of drug-likeness (QED) is 0.898. The van der Waals surface area contributed by atoms with Crippen molar-refractivity contribution in [1.29, 1.82) is 0 Å². The van der Waals surface area contributed by atoms with Crippen LogP contribution < -0.4 is 5.32 Å². The summed E-state index contributed by atoms with van der Waals surface area (Å²) in [6, 6.07) is 4.99. The normalized spacial score (nSPS) is 12.7. The van der Waals surface area contributed by atoms with Gasteiger partial charge in [-0.3, -0.25) is 0 Å². The van der Waals surface area contributed by atoms with E-state index >= 15 is 0 Å². The fourth-order valence-electron chi connectivity index (χ4n) is 1.99. The summed E-state index contributed by atoms with van der Waals surface area (Å²) >= 11 is 0. The van der Waals surface area contributed by atoms with Gasteiger partial charge in [0.05, 0.1) is 12.3 Å². The standard InChI is InChI=1S/C14H15F2NO/c1-3-17-13(14-9(2)4-5-18-14)10-6-11(15)8-12(16)7-10/h4-8,13,17H,3H2,1-2H3. The number of aryl methyl sites for hydroxylation is 1. The van der Waals surface area contributed by atoms with E-state index in [1.54, 1.807) is 6.26 Å². The van der Waals surface area contributed by atoms with E-state index in [1.165, 1.54) is 12.1 Å². The van der Waals surface area contributed by atoms with E-state index in [0.29, 0.717) is 17.9 Å². The minimum atomic E-state index is -0.586. The molecule has 0 spiro atoms. The summed E-state index contributed by atoms with van der Waals surface area (Å²) in [4.78, 5) is 0. The first-order valence-corrected chi connectivity index (χ1v) is 5.85. The lowest BCUT2D eigenvalue weighted by Crippen LogP contribution is -2.22. The Hall–Kier alpha value is -1.68. The molecule has 0 radical (unpaired) electrons. The first-order valence-electron chi connectivity index (χ1n) is 5.85. The fourth-order valence-corrected chi connectivity index (χ4v) is 1.99. The first kappa shape index (κ1) is 12.8. The molecule has 96 valence electrons. The molecule has 0 fully saturated rings. The van der Waals surface area contributed by atoms with E-state index in [2.05, 4.69) is 5.32 Å². The van der Waals surface area contributed by atoms with Crippen LogP contribution >= 0.6 is 0 Å². The minimum Gasteiger partial charge on any atom is -0.467 e. The largest absolute Gasteiger partial charge is 0.467 e. The molecule has 0 aliphatic heterocycles. The van der Waals surface area contributed by atoms with Crippen molar-refractivity contribution >= 4 is 0 Å². The highest BCUT2D eigenvalue weighted by Crippen LogP contribution is 2.26. The molecule has 2 nitrogen and oxygen atoms in total. The Morgan fingerprint density at radius 3 is 2.39 bits per heavy atom. The van der Waals surface area contributed by atoms with Crippen molar-refractivity contribution in [2.75, 3.05) is 6.54 Å². The number of rotatable bonds is 4. The maximum atomic E-state index is 13.3. The molecule has 1 atom stereocenters. The van der Waals surface area contributed by atoms with Crippen LogP contribution in [-0.4, -0.2) is 6.54 Å². The molecule has 0 aliphatic rings. The summed E-state index contributed by atoms with van der Waals surface area (Å²) in [7, 11) is 0. The zero-order valence-corrected chi connectivity index (χ0v) is 10.3. The SMILES string of the molecule is CCNC(c1cc(F)cc(F)c1)c1occc1C. The van der Waals surface area contributed by atoms with Crippen molar-refractivity contribution < 1.29 is 13.2 Å². The Bertz CT molecular complexity index is 516. The molecule has 1 aromatic carbocycles. The van der Waals surface area contributed by atoms with Gasteiger partial charge in [-0.1, -0.05) is 6.92 Å². The topological polar surface area (TPSA) is 25.2 Å². The predicted octanol–water partition coefficient (Wildman–Crippen LogP) is 3.57. The molecule has 0 amide bonds. The summed E-state index contributed by atoms with van der Waals surface area (Å²) in [6.45, 7) is 4.50. The van der Waals surface area contributed by atoms with Gasteiger partial charge in [0.15, 0.2) is 0 Å². The summed E-state index contributed by atoms with van der Waals surface area (Å²) in [5.74, 6) is -0.490. The summed E-state index contributed by atoms with van der Waals surface area (Å²) in [5, 5.41) is 3.17. The highest BCUT2D eigenvalue weighted by Gasteiger charge is 2.19. The molecule has 4 heteroatoms. The lowest BCUT2D eigenvalue weighted by molar-refractivity contribution is 0.446. The van der Waals surface area contributed by atoms with Crippen LogP contribution in [0.3, 0.4) is 0 Å². The number of benzene rings is 1. The first-order chi connectivity index (χ1) is 8.61. The summed E-state index contributed by atoms with van der Waals surface area (Å²) < 4.78 is 32.0. The number of halogens is 2. The van der Waals surface area contributed by atoms with Gasteiger partial charge in [-0.15, -0.1) is 0 Å². The zero-order chi connectivity index (χ0) is 13.1. The Morgan fingerprint density at radius 1 is 1.22 bits per heavy atom. The summed E-state index contributed by atoms with van der Waals surface area (Å²) in [6.07, 6.45) is 1.57. The van der Waals surface area contributed by atoms with E-state index in [9.17, 15) is 8.78 Å². The molecule has 0 bridgehead atoms. The van der Waals surface area contributed by atoms with Gasteiger partial charge in [-0.2, -0.15) is 0 Å². The average molecular weight is 251 g/mol. The highest BCUT2D eigenvalue weighted by atomic mass is 19.1. The van der Waals surface area contributed by atoms with Crippen LogP contribution in [-0.2, 0) is 0 Å². The number of hydrogen-bond acceptors (Lipinski definition) is 2. The lowest BCUT2D eigenvalue weighted by Gasteiger charge is -2.17. The Morgan fingerprint density at radius 2 is 1.89 bits per heavy atom. The molecule has 1 aromatic heterocycles. The Kier molecular flexibility index (Phi) is 3.77. The molecule has 2 aromatic rings. The third-order valence-electron chi connectivity index (χ3n) is 2.79. The van der Waals surface area contributed by atoms with Gasteiger partial charge < -0.3 is 9.73 Å². The van der Waals surface area contributed by atoms with Crippen molar-refractivity contribution in [3.63, 3.8) is 0 Å². The lowest BCUT2D eigenvalue weighted by atomic mass is 10.0. The van der Waals surface area contributed by atoms with Crippen LogP contribution in [0.4, 0.5) is 8.78 Å². The van der Waals surface area contributed by atoms with E-state index in [1.807, 2.05) is 19.9 Å². The maximum Gasteiger partial charge on any atom is 0.128 e. The van der Waals surface area contributed by atoms with Crippen LogP contribution in [0.5, 0.6) is 0 Å². The molecule has 1 heterocycles. The number of hydrogen-bond donors (Lipinski definition) is 1. The average Bonchev–Trinajstić information content (AvgIpc) is 2.71. The molecule has 18 heavy (non-hydrogen) atoms. The molecule has 0 saturated carbocycles. The zero-order valence-electron chi connectivity index (χ0n) is 10.3. The van der Waals surface area contributed by atoms with Gasteiger partial charge in [-0.05, 0) is 42.8 Å².